The van der Waals surface area contributed by atoms with Gasteiger partial charge in [0.15, 0.2) is 0 Å². The van der Waals surface area contributed by atoms with E-state index >= 15 is 0 Å². The van der Waals surface area contributed by atoms with Gasteiger partial charge in [0.2, 0.25) is 0 Å². The molecule has 6 heteroatoms. The molecule has 0 unspecified atom stereocenters. The molecule has 0 atom stereocenters. The molecule has 0 aliphatic rings. The van der Waals surface area contributed by atoms with Crippen LogP contribution in [0, 0.1) is 5.41 Å². The van der Waals surface area contributed by atoms with Crippen molar-refractivity contribution in [2.45, 2.75) is 13.3 Å². The summed E-state index contributed by atoms with van der Waals surface area (Å²) in [6.45, 7) is 3.38. The smallest absolute Gasteiger partial charge is 0.319 e. The lowest BCUT2D eigenvalue weighted by molar-refractivity contribution is 0.252. The average Bonchev–Trinajstić information content (AvgIpc) is 2.41. The van der Waals surface area contributed by atoms with Crippen molar-refractivity contribution in [3.8, 4) is 5.75 Å². The molecule has 2 amide bonds. The van der Waals surface area contributed by atoms with Crippen LogP contribution in [0.3, 0.4) is 0 Å². The molecule has 5 N–H and O–H groups in total. The maximum absolute atomic E-state index is 11.6. The zero-order valence-corrected chi connectivity index (χ0v) is 11.0. The second kappa shape index (κ2) is 8.10. The van der Waals surface area contributed by atoms with Crippen molar-refractivity contribution >= 4 is 17.9 Å². The zero-order valence-electron chi connectivity index (χ0n) is 11.0. The Bertz CT molecular complexity index is 435. The number of ether oxygens (including phenoxy) is 1. The van der Waals surface area contributed by atoms with Crippen LogP contribution in [0.2, 0.25) is 0 Å². The number of hydrogen-bond donors (Lipinski definition) is 4. The van der Waals surface area contributed by atoms with Gasteiger partial charge in [-0.2, -0.15) is 0 Å². The van der Waals surface area contributed by atoms with Crippen LogP contribution in [0.1, 0.15) is 18.9 Å². The summed E-state index contributed by atoms with van der Waals surface area (Å²) in [4.78, 5) is 11.6. The molecule has 0 radical (unpaired) electrons. The number of nitrogens with two attached hydrogens (primary N) is 1. The molecule has 0 saturated heterocycles. The Kier molecular flexibility index (Phi) is 6.38. The summed E-state index contributed by atoms with van der Waals surface area (Å²) in [5, 5.41) is 12.7. The molecule has 0 saturated carbocycles. The van der Waals surface area contributed by atoms with E-state index in [4.69, 9.17) is 15.9 Å². The van der Waals surface area contributed by atoms with Gasteiger partial charge in [-0.15, -0.1) is 0 Å². The highest BCUT2D eigenvalue weighted by Crippen LogP contribution is 2.27. The Balaban J connectivity index is 2.89. The Morgan fingerprint density at radius 1 is 1.53 bits per heavy atom. The fourth-order valence-electron chi connectivity index (χ4n) is 1.51. The summed E-state index contributed by atoms with van der Waals surface area (Å²) in [6.07, 6.45) is 1.91. The van der Waals surface area contributed by atoms with E-state index in [-0.39, 0.29) is 6.03 Å². The SMILES string of the molecule is CCNC(=O)Nc1c(C=N)cccc1OCCCN. The van der Waals surface area contributed by atoms with Gasteiger partial charge in [0.05, 0.1) is 12.3 Å². The number of carbonyl (C=O) groups excluding carboxylic acids is 1. The van der Waals surface area contributed by atoms with Crippen molar-refractivity contribution < 1.29 is 9.53 Å². The van der Waals surface area contributed by atoms with Crippen molar-refractivity contribution in [3.05, 3.63) is 23.8 Å². The van der Waals surface area contributed by atoms with Gasteiger partial charge in [0.25, 0.3) is 0 Å². The van der Waals surface area contributed by atoms with Crippen LogP contribution >= 0.6 is 0 Å². The summed E-state index contributed by atoms with van der Waals surface area (Å²) in [7, 11) is 0. The first-order valence-corrected chi connectivity index (χ1v) is 6.24. The number of amides is 2. The molecule has 0 heterocycles. The predicted octanol–water partition coefficient (Wildman–Crippen LogP) is 1.55. The van der Waals surface area contributed by atoms with Gasteiger partial charge in [-0.3, -0.25) is 0 Å². The lowest BCUT2D eigenvalue weighted by Gasteiger charge is -2.14. The van der Waals surface area contributed by atoms with Gasteiger partial charge in [-0.25, -0.2) is 4.79 Å². The number of rotatable bonds is 7. The quantitative estimate of drug-likeness (QED) is 0.444. The van der Waals surface area contributed by atoms with Gasteiger partial charge < -0.3 is 26.5 Å². The second-order valence-corrected chi connectivity index (χ2v) is 3.84. The van der Waals surface area contributed by atoms with E-state index in [1.54, 1.807) is 18.2 Å². The van der Waals surface area contributed by atoms with Crippen molar-refractivity contribution in [2.75, 3.05) is 25.0 Å². The molecule has 6 nitrogen and oxygen atoms in total. The van der Waals surface area contributed by atoms with Gasteiger partial charge in [0, 0.05) is 18.3 Å². The minimum Gasteiger partial charge on any atom is -0.491 e. The highest BCUT2D eigenvalue weighted by molar-refractivity contribution is 5.98. The average molecular weight is 264 g/mol. The van der Waals surface area contributed by atoms with Crippen LogP contribution in [0.25, 0.3) is 0 Å². The molecule has 0 aliphatic heterocycles. The largest absolute Gasteiger partial charge is 0.491 e. The summed E-state index contributed by atoms with van der Waals surface area (Å²) >= 11 is 0. The first-order chi connectivity index (χ1) is 9.22. The molecule has 0 spiro atoms. The van der Waals surface area contributed by atoms with E-state index in [1.165, 1.54) is 6.21 Å². The third-order valence-electron chi connectivity index (χ3n) is 2.40. The van der Waals surface area contributed by atoms with Crippen molar-refractivity contribution in [1.82, 2.24) is 5.32 Å². The fourth-order valence-corrected chi connectivity index (χ4v) is 1.51. The lowest BCUT2D eigenvalue weighted by Crippen LogP contribution is -2.29. The predicted molar refractivity (Wildman–Crippen MR) is 76.2 cm³/mol. The van der Waals surface area contributed by atoms with Crippen LogP contribution < -0.4 is 21.1 Å². The van der Waals surface area contributed by atoms with Crippen LogP contribution in [-0.2, 0) is 0 Å². The molecular formula is C13H20N4O2. The molecule has 0 aromatic heterocycles. The third kappa shape index (κ3) is 4.59. The van der Waals surface area contributed by atoms with Gasteiger partial charge in [0.1, 0.15) is 5.75 Å². The monoisotopic (exact) mass is 264 g/mol. The maximum atomic E-state index is 11.6. The van der Waals surface area contributed by atoms with Crippen molar-refractivity contribution in [2.24, 2.45) is 5.73 Å². The number of para-hydroxylation sites is 1. The van der Waals surface area contributed by atoms with Gasteiger partial charge in [-0.1, -0.05) is 12.1 Å². The number of anilines is 1. The van der Waals surface area contributed by atoms with Crippen molar-refractivity contribution in [3.63, 3.8) is 0 Å². The van der Waals surface area contributed by atoms with Gasteiger partial charge >= 0.3 is 6.03 Å². The Morgan fingerprint density at radius 2 is 2.32 bits per heavy atom. The van der Waals surface area contributed by atoms with Crippen LogP contribution in [0.5, 0.6) is 5.75 Å². The molecule has 104 valence electrons. The van der Waals surface area contributed by atoms with Gasteiger partial charge in [-0.05, 0) is 26.0 Å². The van der Waals surface area contributed by atoms with E-state index in [2.05, 4.69) is 10.6 Å². The maximum Gasteiger partial charge on any atom is 0.319 e. The number of nitrogens with one attached hydrogen (secondary N) is 3. The minimum atomic E-state index is -0.319. The van der Waals surface area contributed by atoms with Crippen molar-refractivity contribution in [1.29, 1.82) is 5.41 Å². The first kappa shape index (κ1) is 15.0. The Labute approximate surface area is 112 Å². The van der Waals surface area contributed by atoms with E-state index in [0.29, 0.717) is 36.7 Å². The second-order valence-electron chi connectivity index (χ2n) is 3.84. The summed E-state index contributed by atoms with van der Waals surface area (Å²) in [5.41, 5.74) is 6.51. The molecule has 0 bridgehead atoms. The Hall–Kier alpha value is -2.08. The minimum absolute atomic E-state index is 0.319. The van der Waals surface area contributed by atoms with E-state index < -0.39 is 0 Å². The number of urea groups is 1. The fraction of sp³-hybridized carbons (Fsp3) is 0.385. The molecule has 0 aliphatic carbocycles. The number of hydrogen-bond acceptors (Lipinski definition) is 4. The topological polar surface area (TPSA) is 100 Å². The standard InChI is InChI=1S/C13H20N4O2/c1-2-16-13(18)17-12-10(9-15)5-3-6-11(12)19-8-4-7-14/h3,5-6,9,15H,2,4,7-8,14H2,1H3,(H2,16,17,18). The summed E-state index contributed by atoms with van der Waals surface area (Å²) < 4.78 is 5.57. The van der Waals surface area contributed by atoms with E-state index in [0.717, 1.165) is 6.42 Å². The molecule has 1 aromatic carbocycles. The number of carbonyl (C=O) groups is 1. The number of benzene rings is 1. The molecule has 1 aromatic rings. The molecular weight excluding hydrogens is 244 g/mol. The van der Waals surface area contributed by atoms with Crippen LogP contribution in [0.4, 0.5) is 10.5 Å². The van der Waals surface area contributed by atoms with E-state index in [9.17, 15) is 4.79 Å². The lowest BCUT2D eigenvalue weighted by atomic mass is 10.1. The Morgan fingerprint density at radius 3 is 2.95 bits per heavy atom. The van der Waals surface area contributed by atoms with Crippen LogP contribution in [-0.4, -0.2) is 31.9 Å². The highest BCUT2D eigenvalue weighted by Gasteiger charge is 2.11. The molecule has 19 heavy (non-hydrogen) atoms. The zero-order chi connectivity index (χ0) is 14.1. The molecule has 1 rings (SSSR count). The van der Waals surface area contributed by atoms with Crippen LogP contribution in [0.15, 0.2) is 18.2 Å². The third-order valence-corrected chi connectivity index (χ3v) is 2.40. The highest BCUT2D eigenvalue weighted by atomic mass is 16.5. The first-order valence-electron chi connectivity index (χ1n) is 6.24. The van der Waals surface area contributed by atoms with E-state index in [1.807, 2.05) is 6.92 Å². The molecule has 0 fully saturated rings. The summed E-state index contributed by atoms with van der Waals surface area (Å²) in [5.74, 6) is 0.542. The normalized spacial score (nSPS) is 9.79. The summed E-state index contributed by atoms with van der Waals surface area (Å²) in [6, 6.07) is 4.96.